The molecule has 6 atom stereocenters. The molecule has 0 radical (unpaired) electrons. The maximum atomic E-state index is 5.71. The third-order valence-electron chi connectivity index (χ3n) is 5.63. The van der Waals surface area contributed by atoms with Gasteiger partial charge in [-0.3, -0.25) is 0 Å². The molecule has 4 nitrogen and oxygen atoms in total. The molecular weight excluding hydrogens is 238 g/mol. The van der Waals surface area contributed by atoms with Crippen molar-refractivity contribution in [3.05, 3.63) is 30.3 Å². The van der Waals surface area contributed by atoms with Crippen molar-refractivity contribution >= 4 is 5.69 Å². The van der Waals surface area contributed by atoms with Crippen molar-refractivity contribution < 1.29 is 4.74 Å². The van der Waals surface area contributed by atoms with Crippen molar-refractivity contribution in [3.8, 4) is 0 Å². The second kappa shape index (κ2) is 3.57. The van der Waals surface area contributed by atoms with E-state index in [9.17, 15) is 0 Å². The van der Waals surface area contributed by atoms with Crippen LogP contribution >= 0.6 is 0 Å². The summed E-state index contributed by atoms with van der Waals surface area (Å²) in [5, 5.41) is 11.2. The summed E-state index contributed by atoms with van der Waals surface area (Å²) in [6.45, 7) is 1.91. The number of anilines is 1. The lowest BCUT2D eigenvalue weighted by molar-refractivity contribution is 0.162. The summed E-state index contributed by atoms with van der Waals surface area (Å²) in [5.74, 6) is 2.93. The Kier molecular flexibility index (Phi) is 1.95. The normalized spacial score (nSPS) is 45.8. The number of para-hydroxylation sites is 1. The molecule has 1 aromatic rings. The first-order valence-electron chi connectivity index (χ1n) is 7.26. The molecule has 0 N–H and O–H groups in total. The van der Waals surface area contributed by atoms with Gasteiger partial charge in [0.2, 0.25) is 0 Å². The molecule has 5 rings (SSSR count). The first kappa shape index (κ1) is 10.4. The van der Waals surface area contributed by atoms with Gasteiger partial charge in [-0.25, -0.2) is 5.01 Å². The summed E-state index contributed by atoms with van der Waals surface area (Å²) >= 11 is 0. The molecule has 1 saturated heterocycles. The number of benzene rings is 1. The third kappa shape index (κ3) is 1.23. The standard InChI is InChI=1S/C15H17N3O/c1-2-4-9(5-3-1)18-15-11-6-10(14(15)16-17-18)12-7-19-8-13(11)12/h1-5,10-15H,6-8H2/t10-,11-,12-,13-,14+,15+/m1/s1. The van der Waals surface area contributed by atoms with Crippen LogP contribution in [-0.2, 0) is 4.74 Å². The second-order valence-electron chi connectivity index (χ2n) is 6.29. The van der Waals surface area contributed by atoms with Gasteiger partial charge >= 0.3 is 0 Å². The van der Waals surface area contributed by atoms with Crippen molar-refractivity contribution in [2.24, 2.45) is 34.0 Å². The third-order valence-corrected chi connectivity index (χ3v) is 5.63. The van der Waals surface area contributed by atoms with Crippen LogP contribution < -0.4 is 5.01 Å². The number of rotatable bonds is 1. The molecule has 98 valence electrons. The zero-order valence-corrected chi connectivity index (χ0v) is 10.7. The zero-order valence-electron chi connectivity index (χ0n) is 10.7. The number of fused-ring (bicyclic) bond motifs is 8. The van der Waals surface area contributed by atoms with Crippen LogP contribution in [-0.4, -0.2) is 25.3 Å². The van der Waals surface area contributed by atoms with Crippen LogP contribution in [0.1, 0.15) is 6.42 Å². The van der Waals surface area contributed by atoms with E-state index in [1.54, 1.807) is 0 Å². The van der Waals surface area contributed by atoms with Gasteiger partial charge in [0.15, 0.2) is 0 Å². The van der Waals surface area contributed by atoms with Gasteiger partial charge in [0.05, 0.1) is 31.0 Å². The van der Waals surface area contributed by atoms with Crippen molar-refractivity contribution in [1.29, 1.82) is 0 Å². The lowest BCUT2D eigenvalue weighted by Crippen LogP contribution is -2.45. The van der Waals surface area contributed by atoms with Gasteiger partial charge < -0.3 is 4.74 Å². The van der Waals surface area contributed by atoms with E-state index < -0.39 is 0 Å². The monoisotopic (exact) mass is 255 g/mol. The molecule has 0 spiro atoms. The van der Waals surface area contributed by atoms with Crippen LogP contribution in [0.4, 0.5) is 5.69 Å². The summed E-state index contributed by atoms with van der Waals surface area (Å²) in [6, 6.07) is 11.4. The fraction of sp³-hybridized carbons (Fsp3) is 0.600. The first-order chi connectivity index (χ1) is 9.43. The Morgan fingerprint density at radius 2 is 1.79 bits per heavy atom. The molecular formula is C15H17N3O. The van der Waals surface area contributed by atoms with E-state index in [1.807, 2.05) is 0 Å². The second-order valence-corrected chi connectivity index (χ2v) is 6.29. The smallest absolute Gasteiger partial charge is 0.0988 e. The minimum Gasteiger partial charge on any atom is -0.381 e. The van der Waals surface area contributed by atoms with E-state index in [0.29, 0.717) is 18.0 Å². The van der Waals surface area contributed by atoms with Crippen LogP contribution in [0.2, 0.25) is 0 Å². The van der Waals surface area contributed by atoms with Crippen LogP contribution in [0.15, 0.2) is 40.7 Å². The summed E-state index contributed by atoms with van der Waals surface area (Å²) < 4.78 is 5.71. The quantitative estimate of drug-likeness (QED) is 0.773. The maximum absolute atomic E-state index is 5.71. The number of hydrogen-bond acceptors (Lipinski definition) is 4. The van der Waals surface area contributed by atoms with Gasteiger partial charge in [-0.05, 0) is 42.2 Å². The lowest BCUT2D eigenvalue weighted by atomic mass is 9.76. The molecule has 1 aromatic carbocycles. The Morgan fingerprint density at radius 1 is 1.00 bits per heavy atom. The van der Waals surface area contributed by atoms with Crippen LogP contribution in [0, 0.1) is 23.7 Å². The average molecular weight is 255 g/mol. The van der Waals surface area contributed by atoms with Crippen molar-refractivity contribution in [3.63, 3.8) is 0 Å². The van der Waals surface area contributed by atoms with E-state index in [4.69, 9.17) is 4.74 Å². The van der Waals surface area contributed by atoms with Gasteiger partial charge in [-0.2, -0.15) is 5.11 Å². The minimum atomic E-state index is 0.410. The van der Waals surface area contributed by atoms with Crippen LogP contribution in [0.5, 0.6) is 0 Å². The zero-order chi connectivity index (χ0) is 12.4. The van der Waals surface area contributed by atoms with E-state index >= 15 is 0 Å². The summed E-state index contributed by atoms with van der Waals surface area (Å²) in [6.07, 6.45) is 1.33. The van der Waals surface area contributed by atoms with Gasteiger partial charge in [0, 0.05) is 0 Å². The molecule has 3 fully saturated rings. The summed E-state index contributed by atoms with van der Waals surface area (Å²) in [4.78, 5) is 0. The summed E-state index contributed by atoms with van der Waals surface area (Å²) in [5.41, 5.74) is 1.18. The fourth-order valence-electron chi connectivity index (χ4n) is 4.88. The largest absolute Gasteiger partial charge is 0.381 e. The number of nitrogens with zero attached hydrogens (tertiary/aromatic N) is 3. The Balaban J connectivity index is 1.52. The van der Waals surface area contributed by atoms with E-state index in [0.717, 1.165) is 31.0 Å². The molecule has 19 heavy (non-hydrogen) atoms. The predicted molar refractivity (Wildman–Crippen MR) is 70.7 cm³/mol. The SMILES string of the molecule is c1ccc(N2N=N[C@H]3[C@@H]4C[C@H]([C@H]5COC[C@@H]54)[C@@H]32)cc1. The highest BCUT2D eigenvalue weighted by atomic mass is 16.5. The maximum Gasteiger partial charge on any atom is 0.0988 e. The number of ether oxygens (including phenoxy) is 1. The van der Waals surface area contributed by atoms with Crippen molar-refractivity contribution in [2.45, 2.75) is 18.5 Å². The Morgan fingerprint density at radius 3 is 2.63 bits per heavy atom. The van der Waals surface area contributed by atoms with Gasteiger partial charge in [0.25, 0.3) is 0 Å². The highest BCUT2D eigenvalue weighted by molar-refractivity contribution is 5.48. The molecule has 0 aromatic heterocycles. The number of hydrogen-bond donors (Lipinski definition) is 0. The molecule has 0 amide bonds. The van der Waals surface area contributed by atoms with Gasteiger partial charge in [-0.15, -0.1) is 0 Å². The van der Waals surface area contributed by atoms with E-state index in [-0.39, 0.29) is 0 Å². The molecule has 4 heteroatoms. The Labute approximate surface area is 112 Å². The molecule has 4 aliphatic rings. The van der Waals surface area contributed by atoms with Gasteiger partial charge in [-0.1, -0.05) is 23.4 Å². The lowest BCUT2D eigenvalue weighted by Gasteiger charge is -2.34. The average Bonchev–Trinajstić information content (AvgIpc) is 3.17. The molecule has 2 aliphatic carbocycles. The Hall–Kier alpha value is -1.42. The molecule has 2 saturated carbocycles. The van der Waals surface area contributed by atoms with E-state index in [2.05, 4.69) is 45.7 Å². The van der Waals surface area contributed by atoms with Crippen molar-refractivity contribution in [2.75, 3.05) is 18.2 Å². The molecule has 2 aliphatic heterocycles. The fourth-order valence-corrected chi connectivity index (χ4v) is 4.88. The Bertz CT molecular complexity index is 531. The highest BCUT2D eigenvalue weighted by Crippen LogP contribution is 2.59. The topological polar surface area (TPSA) is 37.2 Å². The first-order valence-corrected chi connectivity index (χ1v) is 7.26. The molecule has 0 unspecified atom stereocenters. The van der Waals surface area contributed by atoms with Crippen LogP contribution in [0.25, 0.3) is 0 Å². The van der Waals surface area contributed by atoms with E-state index in [1.165, 1.54) is 12.1 Å². The summed E-state index contributed by atoms with van der Waals surface area (Å²) in [7, 11) is 0. The predicted octanol–water partition coefficient (Wildman–Crippen LogP) is 2.52. The molecule has 2 bridgehead atoms. The van der Waals surface area contributed by atoms with Crippen LogP contribution in [0.3, 0.4) is 0 Å². The van der Waals surface area contributed by atoms with Gasteiger partial charge in [0.1, 0.15) is 0 Å². The van der Waals surface area contributed by atoms with Crippen molar-refractivity contribution in [1.82, 2.24) is 0 Å². The highest BCUT2D eigenvalue weighted by Gasteiger charge is 2.63. The molecule has 2 heterocycles. The minimum absolute atomic E-state index is 0.410.